The molecule has 1 aliphatic heterocycles. The van der Waals surface area contributed by atoms with Gasteiger partial charge in [-0.1, -0.05) is 30.2 Å². The Balaban J connectivity index is 1.45. The van der Waals surface area contributed by atoms with Crippen LogP contribution in [0.25, 0.3) is 0 Å². The molecule has 0 aliphatic carbocycles. The van der Waals surface area contributed by atoms with Crippen LogP contribution in [-0.4, -0.2) is 29.6 Å². The van der Waals surface area contributed by atoms with Crippen LogP contribution in [0.5, 0.6) is 0 Å². The first-order valence-electron chi connectivity index (χ1n) is 8.68. The highest BCUT2D eigenvalue weighted by Gasteiger charge is 2.10. The SMILES string of the molecule is O=C(CSc1ccc(Cl)cc1)Nc1ccc(CN2CCCCC2)cc1. The molecule has 1 N–H and O–H groups in total. The number of carbonyl (C=O) groups is 1. The van der Waals surface area contributed by atoms with Crippen LogP contribution in [0.4, 0.5) is 5.69 Å². The molecule has 0 bridgehead atoms. The molecule has 132 valence electrons. The van der Waals surface area contributed by atoms with E-state index in [1.807, 2.05) is 36.4 Å². The molecular weight excluding hydrogens is 352 g/mol. The first-order valence-corrected chi connectivity index (χ1v) is 10.0. The fraction of sp³-hybridized carbons (Fsp3) is 0.350. The molecule has 0 spiro atoms. The summed E-state index contributed by atoms with van der Waals surface area (Å²) >= 11 is 7.37. The minimum Gasteiger partial charge on any atom is -0.325 e. The maximum Gasteiger partial charge on any atom is 0.234 e. The number of anilines is 1. The van der Waals surface area contributed by atoms with E-state index in [0.29, 0.717) is 10.8 Å². The number of carbonyl (C=O) groups excluding carboxylic acids is 1. The van der Waals surface area contributed by atoms with Crippen molar-refractivity contribution in [3.63, 3.8) is 0 Å². The van der Waals surface area contributed by atoms with Gasteiger partial charge in [0.1, 0.15) is 0 Å². The summed E-state index contributed by atoms with van der Waals surface area (Å²) in [5.74, 6) is 0.390. The summed E-state index contributed by atoms with van der Waals surface area (Å²) in [7, 11) is 0. The lowest BCUT2D eigenvalue weighted by Crippen LogP contribution is -2.29. The first-order chi connectivity index (χ1) is 12.2. The fourth-order valence-corrected chi connectivity index (χ4v) is 3.77. The van der Waals surface area contributed by atoms with E-state index in [2.05, 4.69) is 22.3 Å². The van der Waals surface area contributed by atoms with Gasteiger partial charge in [0.15, 0.2) is 0 Å². The smallest absolute Gasteiger partial charge is 0.234 e. The number of likely N-dealkylation sites (tertiary alicyclic amines) is 1. The normalized spacial score (nSPS) is 15.1. The second-order valence-electron chi connectivity index (χ2n) is 6.32. The van der Waals surface area contributed by atoms with E-state index in [4.69, 9.17) is 11.6 Å². The Hall–Kier alpha value is -1.49. The van der Waals surface area contributed by atoms with E-state index in [-0.39, 0.29) is 5.91 Å². The van der Waals surface area contributed by atoms with Gasteiger partial charge in [-0.25, -0.2) is 0 Å². The molecule has 1 fully saturated rings. The minimum absolute atomic E-state index is 0.00345. The zero-order valence-corrected chi connectivity index (χ0v) is 15.8. The lowest BCUT2D eigenvalue weighted by Gasteiger charge is -2.26. The van der Waals surface area contributed by atoms with Crippen LogP contribution < -0.4 is 5.32 Å². The zero-order chi connectivity index (χ0) is 17.5. The molecule has 0 radical (unpaired) electrons. The number of thioether (sulfide) groups is 1. The van der Waals surface area contributed by atoms with Crippen molar-refractivity contribution in [3.05, 3.63) is 59.1 Å². The highest BCUT2D eigenvalue weighted by atomic mass is 35.5. The van der Waals surface area contributed by atoms with E-state index < -0.39 is 0 Å². The van der Waals surface area contributed by atoms with E-state index in [1.54, 1.807) is 0 Å². The summed E-state index contributed by atoms with van der Waals surface area (Å²) in [6.07, 6.45) is 3.97. The number of piperidine rings is 1. The predicted octanol–water partition coefficient (Wildman–Crippen LogP) is 5.06. The van der Waals surface area contributed by atoms with Gasteiger partial charge in [-0.05, 0) is 67.9 Å². The average Bonchev–Trinajstić information content (AvgIpc) is 2.64. The summed E-state index contributed by atoms with van der Waals surface area (Å²) in [5, 5.41) is 3.66. The second kappa shape index (κ2) is 9.27. The Morgan fingerprint density at radius 2 is 1.68 bits per heavy atom. The molecule has 5 heteroatoms. The van der Waals surface area contributed by atoms with Crippen molar-refractivity contribution in [2.75, 3.05) is 24.2 Å². The molecule has 1 saturated heterocycles. The topological polar surface area (TPSA) is 32.3 Å². The third kappa shape index (κ3) is 6.07. The molecule has 2 aromatic carbocycles. The standard InChI is InChI=1S/C20H23ClN2OS/c21-17-6-10-19(11-7-17)25-15-20(24)22-18-8-4-16(5-9-18)14-23-12-2-1-3-13-23/h4-11H,1-3,12-15H2,(H,22,24). The molecule has 2 aromatic rings. The number of nitrogens with zero attached hydrogens (tertiary/aromatic N) is 1. The van der Waals surface area contributed by atoms with Crippen molar-refractivity contribution in [3.8, 4) is 0 Å². The second-order valence-corrected chi connectivity index (χ2v) is 7.81. The molecule has 0 unspecified atom stereocenters. The summed E-state index contributed by atoms with van der Waals surface area (Å²) in [5.41, 5.74) is 2.15. The van der Waals surface area contributed by atoms with Gasteiger partial charge in [-0.3, -0.25) is 9.69 Å². The minimum atomic E-state index is 0.00345. The Bertz CT molecular complexity index is 682. The van der Waals surface area contributed by atoms with Crippen LogP contribution in [0.3, 0.4) is 0 Å². The van der Waals surface area contributed by atoms with E-state index >= 15 is 0 Å². The van der Waals surface area contributed by atoms with Crippen molar-refractivity contribution in [1.82, 2.24) is 4.90 Å². The molecule has 0 saturated carbocycles. The number of rotatable bonds is 6. The van der Waals surface area contributed by atoms with Gasteiger partial charge in [0, 0.05) is 22.2 Å². The van der Waals surface area contributed by atoms with Crippen LogP contribution >= 0.6 is 23.4 Å². The predicted molar refractivity (Wildman–Crippen MR) is 106 cm³/mol. The number of benzene rings is 2. The van der Waals surface area contributed by atoms with E-state index in [0.717, 1.165) is 17.1 Å². The molecule has 1 aliphatic rings. The molecule has 1 amide bonds. The molecule has 1 heterocycles. The van der Waals surface area contributed by atoms with E-state index in [1.165, 1.54) is 49.7 Å². The lowest BCUT2D eigenvalue weighted by atomic mass is 10.1. The zero-order valence-electron chi connectivity index (χ0n) is 14.2. The monoisotopic (exact) mass is 374 g/mol. The van der Waals surface area contributed by atoms with Crippen molar-refractivity contribution >= 4 is 35.0 Å². The van der Waals surface area contributed by atoms with Gasteiger partial charge in [0.05, 0.1) is 5.75 Å². The Morgan fingerprint density at radius 3 is 2.36 bits per heavy atom. The van der Waals surface area contributed by atoms with Crippen LogP contribution in [0.1, 0.15) is 24.8 Å². The summed E-state index contributed by atoms with van der Waals surface area (Å²) in [6.45, 7) is 3.39. The van der Waals surface area contributed by atoms with Crippen LogP contribution in [0.2, 0.25) is 5.02 Å². The average molecular weight is 375 g/mol. The number of amides is 1. The van der Waals surface area contributed by atoms with Crippen LogP contribution in [0.15, 0.2) is 53.4 Å². The van der Waals surface area contributed by atoms with Gasteiger partial charge in [-0.2, -0.15) is 0 Å². The van der Waals surface area contributed by atoms with Gasteiger partial charge >= 0.3 is 0 Å². The van der Waals surface area contributed by atoms with Gasteiger partial charge in [0.2, 0.25) is 5.91 Å². The number of hydrogen-bond acceptors (Lipinski definition) is 3. The first kappa shape index (κ1) is 18.3. The number of halogens is 1. The molecule has 3 rings (SSSR count). The summed E-state index contributed by atoms with van der Waals surface area (Å²) in [6, 6.07) is 15.7. The van der Waals surface area contributed by atoms with Crippen molar-refractivity contribution < 1.29 is 4.79 Å². The summed E-state index contributed by atoms with van der Waals surface area (Å²) in [4.78, 5) is 15.6. The molecular formula is C20H23ClN2OS. The molecule has 0 atom stereocenters. The van der Waals surface area contributed by atoms with Gasteiger partial charge in [0.25, 0.3) is 0 Å². The van der Waals surface area contributed by atoms with Crippen molar-refractivity contribution in [1.29, 1.82) is 0 Å². The Labute approximate surface area is 158 Å². The van der Waals surface area contributed by atoms with Crippen LogP contribution in [0, 0.1) is 0 Å². The van der Waals surface area contributed by atoms with Crippen molar-refractivity contribution in [2.45, 2.75) is 30.7 Å². The molecule has 0 aromatic heterocycles. The van der Waals surface area contributed by atoms with Crippen LogP contribution in [-0.2, 0) is 11.3 Å². The quantitative estimate of drug-likeness (QED) is 0.717. The van der Waals surface area contributed by atoms with Gasteiger partial charge in [-0.15, -0.1) is 11.8 Å². The fourth-order valence-electron chi connectivity index (χ4n) is 2.95. The molecule has 3 nitrogen and oxygen atoms in total. The highest BCUT2D eigenvalue weighted by Crippen LogP contribution is 2.21. The van der Waals surface area contributed by atoms with Crippen molar-refractivity contribution in [2.24, 2.45) is 0 Å². The third-order valence-corrected chi connectivity index (χ3v) is 5.54. The molecule has 25 heavy (non-hydrogen) atoms. The highest BCUT2D eigenvalue weighted by molar-refractivity contribution is 8.00. The number of nitrogens with one attached hydrogen (secondary N) is 1. The Kier molecular flexibility index (Phi) is 6.79. The van der Waals surface area contributed by atoms with E-state index in [9.17, 15) is 4.79 Å². The largest absolute Gasteiger partial charge is 0.325 e. The number of hydrogen-bond donors (Lipinski definition) is 1. The third-order valence-electron chi connectivity index (χ3n) is 4.28. The summed E-state index contributed by atoms with van der Waals surface area (Å²) < 4.78 is 0. The Morgan fingerprint density at radius 1 is 1.00 bits per heavy atom. The maximum atomic E-state index is 12.1. The maximum absolute atomic E-state index is 12.1. The lowest BCUT2D eigenvalue weighted by molar-refractivity contribution is -0.113. The van der Waals surface area contributed by atoms with Gasteiger partial charge < -0.3 is 5.32 Å².